The number of aryl methyl sites for hydroxylation is 1. The molecule has 0 saturated heterocycles. The molecule has 0 spiro atoms. The number of imidazole rings is 1. The number of nitrogens with zero attached hydrogens (tertiary/aromatic N) is 5. The van der Waals surface area contributed by atoms with Crippen LogP contribution in [0.25, 0.3) is 27.7 Å². The largest absolute Gasteiger partial charge is 0.348 e. The number of hydrogen-bond acceptors (Lipinski definition) is 5. The second kappa shape index (κ2) is 8.16. The van der Waals surface area contributed by atoms with Crippen LogP contribution in [-0.2, 0) is 5.54 Å². The third-order valence-electron chi connectivity index (χ3n) is 6.38. The number of fused-ring (bicyclic) bond motifs is 3. The van der Waals surface area contributed by atoms with Crippen molar-refractivity contribution in [1.29, 1.82) is 0 Å². The van der Waals surface area contributed by atoms with Crippen molar-refractivity contribution >= 4 is 39.8 Å². The van der Waals surface area contributed by atoms with Gasteiger partial charge in [0.05, 0.1) is 17.5 Å². The van der Waals surface area contributed by atoms with Gasteiger partial charge in [-0.3, -0.25) is 0 Å². The highest BCUT2D eigenvalue weighted by molar-refractivity contribution is 6.31. The van der Waals surface area contributed by atoms with E-state index >= 15 is 0 Å². The summed E-state index contributed by atoms with van der Waals surface area (Å²) in [7, 11) is 0. The number of nitrogens with two attached hydrogens (primary N) is 1. The van der Waals surface area contributed by atoms with Gasteiger partial charge in [-0.15, -0.1) is 5.10 Å². The number of nitrogens with one attached hydrogen (secondary N) is 1. The number of hydrogen-bond donors (Lipinski definition) is 2. The second-order valence-electron chi connectivity index (χ2n) is 8.44. The molecule has 35 heavy (non-hydrogen) atoms. The Morgan fingerprint density at radius 1 is 0.914 bits per heavy atom. The number of aromatic nitrogens is 6. The van der Waals surface area contributed by atoms with Crippen LogP contribution in [0.5, 0.6) is 0 Å². The average Bonchev–Trinajstić information content (AvgIpc) is 3.52. The Morgan fingerprint density at radius 2 is 1.71 bits per heavy atom. The monoisotopic (exact) mass is 499 g/mol. The summed E-state index contributed by atoms with van der Waals surface area (Å²) in [5.41, 5.74) is 12.9. The minimum atomic E-state index is -1.04. The van der Waals surface area contributed by atoms with E-state index in [0.717, 1.165) is 44.5 Å². The molecule has 172 valence electrons. The van der Waals surface area contributed by atoms with Crippen molar-refractivity contribution in [3.8, 4) is 11.1 Å². The highest BCUT2D eigenvalue weighted by Gasteiger charge is 2.36. The topological polar surface area (TPSA) is 97.8 Å². The summed E-state index contributed by atoms with van der Waals surface area (Å²) >= 11 is 12.5. The van der Waals surface area contributed by atoms with Gasteiger partial charge in [-0.2, -0.15) is 4.52 Å². The SMILES string of the molecule is Cc1[nH]cnc1C(N)(c1ccc(Cl)cc1)c1ccc2c(c1)c(-c1cccc(Cl)c1)cc1nnnn12. The zero-order valence-corrected chi connectivity index (χ0v) is 20.1. The molecule has 7 nitrogen and oxygen atoms in total. The van der Waals surface area contributed by atoms with Gasteiger partial charge in [-0.1, -0.05) is 53.5 Å². The molecule has 6 rings (SSSR count). The van der Waals surface area contributed by atoms with Crippen molar-refractivity contribution < 1.29 is 0 Å². The van der Waals surface area contributed by atoms with Gasteiger partial charge in [0.15, 0.2) is 5.65 Å². The molecule has 0 bridgehead atoms. The molecule has 0 fully saturated rings. The average molecular weight is 500 g/mol. The Balaban J connectivity index is 1.68. The molecule has 3 heterocycles. The highest BCUT2D eigenvalue weighted by Crippen LogP contribution is 2.39. The summed E-state index contributed by atoms with van der Waals surface area (Å²) in [6, 6.07) is 23.3. The third kappa shape index (κ3) is 3.47. The normalized spacial score (nSPS) is 13.4. The zero-order valence-electron chi connectivity index (χ0n) is 18.6. The lowest BCUT2D eigenvalue weighted by Gasteiger charge is -2.30. The fraction of sp³-hybridized carbons (Fsp3) is 0.0769. The van der Waals surface area contributed by atoms with Crippen molar-refractivity contribution in [2.75, 3.05) is 0 Å². The summed E-state index contributed by atoms with van der Waals surface area (Å²) in [5, 5.41) is 14.4. The third-order valence-corrected chi connectivity index (χ3v) is 6.86. The van der Waals surface area contributed by atoms with Crippen molar-refractivity contribution in [3.63, 3.8) is 0 Å². The van der Waals surface area contributed by atoms with Crippen LogP contribution in [-0.4, -0.2) is 30.0 Å². The first-order valence-electron chi connectivity index (χ1n) is 10.9. The lowest BCUT2D eigenvalue weighted by Crippen LogP contribution is -2.40. The number of aromatic amines is 1. The van der Waals surface area contributed by atoms with Gasteiger partial charge in [-0.25, -0.2) is 4.98 Å². The lowest BCUT2D eigenvalue weighted by molar-refractivity contribution is 0.628. The molecular weight excluding hydrogens is 481 g/mol. The van der Waals surface area contributed by atoms with Crippen LogP contribution in [0.3, 0.4) is 0 Å². The van der Waals surface area contributed by atoms with E-state index in [1.165, 1.54) is 0 Å². The molecule has 0 aliphatic rings. The maximum atomic E-state index is 7.26. The van der Waals surface area contributed by atoms with Crippen molar-refractivity contribution in [3.05, 3.63) is 112 Å². The smallest absolute Gasteiger partial charge is 0.180 e. The minimum absolute atomic E-state index is 0.637. The zero-order chi connectivity index (χ0) is 24.2. The van der Waals surface area contributed by atoms with Gasteiger partial charge in [0.2, 0.25) is 0 Å². The van der Waals surface area contributed by atoms with Gasteiger partial charge >= 0.3 is 0 Å². The number of tetrazole rings is 1. The van der Waals surface area contributed by atoms with Gasteiger partial charge in [0, 0.05) is 21.1 Å². The van der Waals surface area contributed by atoms with Crippen LogP contribution in [0.15, 0.2) is 79.1 Å². The number of halogens is 2. The Bertz CT molecular complexity index is 1700. The van der Waals surface area contributed by atoms with E-state index in [1.807, 2.05) is 73.7 Å². The molecule has 3 aromatic carbocycles. The molecule has 1 atom stereocenters. The van der Waals surface area contributed by atoms with Crippen LogP contribution in [0, 0.1) is 6.92 Å². The van der Waals surface area contributed by atoms with Crippen LogP contribution < -0.4 is 5.73 Å². The molecule has 1 unspecified atom stereocenters. The molecular formula is C26H19Cl2N7. The quantitative estimate of drug-likeness (QED) is 0.332. The van der Waals surface area contributed by atoms with E-state index in [4.69, 9.17) is 28.9 Å². The number of benzene rings is 3. The van der Waals surface area contributed by atoms with Gasteiger partial charge in [-0.05, 0) is 82.1 Å². The van der Waals surface area contributed by atoms with E-state index < -0.39 is 5.54 Å². The summed E-state index contributed by atoms with van der Waals surface area (Å²) in [5.74, 6) is 0. The van der Waals surface area contributed by atoms with Gasteiger partial charge < -0.3 is 10.7 Å². The van der Waals surface area contributed by atoms with Crippen molar-refractivity contribution in [2.45, 2.75) is 12.5 Å². The van der Waals surface area contributed by atoms with E-state index in [0.29, 0.717) is 15.7 Å². The fourth-order valence-corrected chi connectivity index (χ4v) is 4.96. The molecule has 3 N–H and O–H groups in total. The Labute approximate surface area is 210 Å². The maximum Gasteiger partial charge on any atom is 0.180 e. The van der Waals surface area contributed by atoms with E-state index in [-0.39, 0.29) is 0 Å². The predicted molar refractivity (Wildman–Crippen MR) is 138 cm³/mol. The molecule has 0 saturated carbocycles. The Kier molecular flexibility index (Phi) is 5.07. The van der Waals surface area contributed by atoms with Crippen molar-refractivity contribution in [2.24, 2.45) is 5.73 Å². The molecule has 0 radical (unpaired) electrons. The van der Waals surface area contributed by atoms with Crippen LogP contribution >= 0.6 is 23.2 Å². The van der Waals surface area contributed by atoms with Crippen LogP contribution in [0.2, 0.25) is 10.0 Å². The maximum absolute atomic E-state index is 7.26. The second-order valence-corrected chi connectivity index (χ2v) is 9.31. The highest BCUT2D eigenvalue weighted by atomic mass is 35.5. The van der Waals surface area contributed by atoms with E-state index in [2.05, 4.69) is 31.6 Å². The van der Waals surface area contributed by atoms with E-state index in [1.54, 1.807) is 10.8 Å². The summed E-state index contributed by atoms with van der Waals surface area (Å²) in [6.45, 7) is 1.96. The predicted octanol–water partition coefficient (Wildman–Crippen LogP) is 5.53. The van der Waals surface area contributed by atoms with Gasteiger partial charge in [0.1, 0.15) is 5.54 Å². The molecule has 9 heteroatoms. The Hall–Kier alpha value is -3.78. The summed E-state index contributed by atoms with van der Waals surface area (Å²) in [4.78, 5) is 7.77. The minimum Gasteiger partial charge on any atom is -0.348 e. The van der Waals surface area contributed by atoms with Crippen LogP contribution in [0.1, 0.15) is 22.5 Å². The molecule has 0 aliphatic heterocycles. The first kappa shape index (κ1) is 21.7. The fourth-order valence-electron chi connectivity index (χ4n) is 4.65. The number of H-pyrrole nitrogens is 1. The molecule has 0 amide bonds. The summed E-state index contributed by atoms with van der Waals surface area (Å²) < 4.78 is 1.72. The summed E-state index contributed by atoms with van der Waals surface area (Å²) in [6.07, 6.45) is 1.66. The number of rotatable bonds is 4. The standard InChI is InChI=1S/C26H19Cl2N7/c1-15-25(31-14-30-15)26(29,17-5-8-19(27)9-6-17)18-7-10-23-22(12-18)21(13-24-32-33-34-35(23)24)16-3-2-4-20(28)11-16/h2-14H,29H2,1H3,(H,30,31). The van der Waals surface area contributed by atoms with Gasteiger partial charge in [0.25, 0.3) is 0 Å². The van der Waals surface area contributed by atoms with E-state index in [9.17, 15) is 0 Å². The van der Waals surface area contributed by atoms with Crippen molar-refractivity contribution in [1.82, 2.24) is 30.0 Å². The first-order chi connectivity index (χ1) is 16.9. The lowest BCUT2D eigenvalue weighted by atomic mass is 9.79. The molecule has 3 aromatic heterocycles. The number of pyridine rings is 1. The molecule has 6 aromatic rings. The van der Waals surface area contributed by atoms with Crippen LogP contribution in [0.4, 0.5) is 0 Å². The molecule has 0 aliphatic carbocycles. The first-order valence-corrected chi connectivity index (χ1v) is 11.7. The Morgan fingerprint density at radius 3 is 2.46 bits per heavy atom.